The molecule has 0 amide bonds. The molecular formula is C15H16ClN3O3. The standard InChI is InChI=1S/C15H16ClN3O3/c1-10-4-5-18(13(7-10)14-3-2-6-22-14)15-12(16)8-11(9-17-15)19(20)21/h2-3,6,8-10,13H,4-5,7H2,1H3/t10-,13-/m0/s1. The maximum Gasteiger partial charge on any atom is 0.289 e. The lowest BCUT2D eigenvalue weighted by Crippen LogP contribution is -2.36. The fourth-order valence-corrected chi connectivity index (χ4v) is 3.15. The van der Waals surface area contributed by atoms with Crippen molar-refractivity contribution in [3.05, 3.63) is 51.6 Å². The van der Waals surface area contributed by atoms with E-state index in [1.54, 1.807) is 6.26 Å². The van der Waals surface area contributed by atoms with Gasteiger partial charge in [-0.15, -0.1) is 0 Å². The Morgan fingerprint density at radius 1 is 1.55 bits per heavy atom. The Bertz CT molecular complexity index is 675. The van der Waals surface area contributed by atoms with Crippen molar-refractivity contribution in [2.75, 3.05) is 11.4 Å². The lowest BCUT2D eigenvalue weighted by molar-refractivity contribution is -0.385. The summed E-state index contributed by atoms with van der Waals surface area (Å²) in [6.45, 7) is 3.00. The van der Waals surface area contributed by atoms with Gasteiger partial charge in [-0.1, -0.05) is 18.5 Å². The molecule has 2 atom stereocenters. The van der Waals surface area contributed by atoms with Crippen molar-refractivity contribution in [2.45, 2.75) is 25.8 Å². The maximum atomic E-state index is 10.8. The van der Waals surface area contributed by atoms with Crippen molar-refractivity contribution in [1.82, 2.24) is 4.98 Å². The molecule has 3 heterocycles. The zero-order chi connectivity index (χ0) is 15.7. The number of nitro groups is 1. The van der Waals surface area contributed by atoms with Crippen LogP contribution in [0, 0.1) is 16.0 Å². The minimum atomic E-state index is -0.495. The van der Waals surface area contributed by atoms with Crippen LogP contribution >= 0.6 is 11.6 Å². The highest BCUT2D eigenvalue weighted by atomic mass is 35.5. The van der Waals surface area contributed by atoms with Crippen LogP contribution in [-0.2, 0) is 0 Å². The average molecular weight is 322 g/mol. The van der Waals surface area contributed by atoms with Crippen molar-refractivity contribution < 1.29 is 9.34 Å². The third-order valence-corrected chi connectivity index (χ3v) is 4.30. The molecule has 0 saturated carbocycles. The number of hydrogen-bond donors (Lipinski definition) is 0. The number of hydrogen-bond acceptors (Lipinski definition) is 5. The Morgan fingerprint density at radius 3 is 3.00 bits per heavy atom. The molecule has 0 unspecified atom stereocenters. The zero-order valence-electron chi connectivity index (χ0n) is 12.1. The third-order valence-electron chi connectivity index (χ3n) is 4.03. The Labute approximate surface area is 132 Å². The number of furan rings is 1. The average Bonchev–Trinajstić information content (AvgIpc) is 3.01. The molecule has 2 aromatic rings. The van der Waals surface area contributed by atoms with E-state index in [0.717, 1.165) is 25.1 Å². The van der Waals surface area contributed by atoms with Gasteiger partial charge in [0.15, 0.2) is 0 Å². The van der Waals surface area contributed by atoms with Gasteiger partial charge < -0.3 is 9.32 Å². The molecule has 0 N–H and O–H groups in total. The molecule has 116 valence electrons. The monoisotopic (exact) mass is 321 g/mol. The molecule has 0 aromatic carbocycles. The van der Waals surface area contributed by atoms with Gasteiger partial charge in [-0.25, -0.2) is 4.98 Å². The first-order chi connectivity index (χ1) is 10.6. The first-order valence-electron chi connectivity index (χ1n) is 7.16. The molecule has 3 rings (SSSR count). The van der Waals surface area contributed by atoms with Crippen LogP contribution in [0.15, 0.2) is 35.1 Å². The van der Waals surface area contributed by atoms with Gasteiger partial charge >= 0.3 is 0 Å². The van der Waals surface area contributed by atoms with Gasteiger partial charge in [0.05, 0.1) is 22.3 Å². The maximum absolute atomic E-state index is 10.8. The highest BCUT2D eigenvalue weighted by molar-refractivity contribution is 6.33. The summed E-state index contributed by atoms with van der Waals surface area (Å²) in [5, 5.41) is 11.1. The van der Waals surface area contributed by atoms with Crippen molar-refractivity contribution in [2.24, 2.45) is 5.92 Å². The van der Waals surface area contributed by atoms with Crippen molar-refractivity contribution in [3.63, 3.8) is 0 Å². The molecule has 0 bridgehead atoms. The Hall–Kier alpha value is -2.08. The predicted molar refractivity (Wildman–Crippen MR) is 83.1 cm³/mol. The van der Waals surface area contributed by atoms with Crippen LogP contribution in [0.25, 0.3) is 0 Å². The lowest BCUT2D eigenvalue weighted by Gasteiger charge is -2.38. The summed E-state index contributed by atoms with van der Waals surface area (Å²) in [7, 11) is 0. The Balaban J connectivity index is 1.96. The van der Waals surface area contributed by atoms with E-state index in [1.165, 1.54) is 12.3 Å². The van der Waals surface area contributed by atoms with E-state index in [9.17, 15) is 10.1 Å². The number of pyridine rings is 1. The third kappa shape index (κ3) is 2.78. The quantitative estimate of drug-likeness (QED) is 0.625. The topological polar surface area (TPSA) is 72.4 Å². The summed E-state index contributed by atoms with van der Waals surface area (Å²) in [5.74, 6) is 2.01. The highest BCUT2D eigenvalue weighted by Gasteiger charge is 2.32. The molecule has 0 aliphatic carbocycles. The number of nitrogens with zero attached hydrogens (tertiary/aromatic N) is 3. The zero-order valence-corrected chi connectivity index (χ0v) is 12.9. The minimum absolute atomic E-state index is 0.0465. The summed E-state index contributed by atoms with van der Waals surface area (Å²) in [6, 6.07) is 5.19. The van der Waals surface area contributed by atoms with E-state index in [-0.39, 0.29) is 11.7 Å². The van der Waals surface area contributed by atoms with Gasteiger partial charge in [0, 0.05) is 12.6 Å². The van der Waals surface area contributed by atoms with Gasteiger partial charge in [0.1, 0.15) is 17.8 Å². The summed E-state index contributed by atoms with van der Waals surface area (Å²) >= 11 is 6.23. The first kappa shape index (κ1) is 14.8. The van der Waals surface area contributed by atoms with Crippen molar-refractivity contribution in [3.8, 4) is 0 Å². The number of aromatic nitrogens is 1. The van der Waals surface area contributed by atoms with Gasteiger partial charge in [-0.05, 0) is 30.9 Å². The van der Waals surface area contributed by atoms with Gasteiger partial charge in [0.2, 0.25) is 0 Å². The summed E-state index contributed by atoms with van der Waals surface area (Å²) < 4.78 is 5.55. The van der Waals surface area contributed by atoms with Crippen LogP contribution in [0.3, 0.4) is 0 Å². The SMILES string of the molecule is C[C@H]1CCN(c2ncc([N+](=O)[O-])cc2Cl)[C@H](c2ccco2)C1. The number of rotatable bonds is 3. The minimum Gasteiger partial charge on any atom is -0.467 e. The number of piperidine rings is 1. The van der Waals surface area contributed by atoms with E-state index >= 15 is 0 Å². The van der Waals surface area contributed by atoms with Gasteiger partial charge in [-0.3, -0.25) is 10.1 Å². The number of halogens is 1. The molecule has 1 fully saturated rings. The molecule has 1 aliphatic heterocycles. The first-order valence-corrected chi connectivity index (χ1v) is 7.54. The summed E-state index contributed by atoms with van der Waals surface area (Å²) in [6.07, 6.45) is 4.85. The van der Waals surface area contributed by atoms with Gasteiger partial charge in [-0.2, -0.15) is 0 Å². The van der Waals surface area contributed by atoms with E-state index in [2.05, 4.69) is 16.8 Å². The Morgan fingerprint density at radius 2 is 2.36 bits per heavy atom. The van der Waals surface area contributed by atoms with Crippen LogP contribution in [0.1, 0.15) is 31.6 Å². The van der Waals surface area contributed by atoms with Crippen molar-refractivity contribution in [1.29, 1.82) is 0 Å². The molecule has 1 saturated heterocycles. The smallest absolute Gasteiger partial charge is 0.289 e. The predicted octanol–water partition coefficient (Wildman–Crippen LogP) is 4.21. The molecule has 7 heteroatoms. The second kappa shape index (κ2) is 5.96. The van der Waals surface area contributed by atoms with Crippen molar-refractivity contribution >= 4 is 23.1 Å². The normalized spacial score (nSPS) is 21.8. The van der Waals surface area contributed by atoms with E-state index < -0.39 is 4.92 Å². The van der Waals surface area contributed by atoms with Gasteiger partial charge in [0.25, 0.3) is 5.69 Å². The molecule has 0 radical (unpaired) electrons. The molecular weight excluding hydrogens is 306 g/mol. The largest absolute Gasteiger partial charge is 0.467 e. The molecule has 0 spiro atoms. The van der Waals surface area contributed by atoms with E-state index in [1.807, 2.05) is 12.1 Å². The van der Waals surface area contributed by atoms with Crippen LogP contribution in [-0.4, -0.2) is 16.5 Å². The second-order valence-electron chi connectivity index (χ2n) is 5.61. The summed E-state index contributed by atoms with van der Waals surface area (Å²) in [5.41, 5.74) is -0.103. The summed E-state index contributed by atoms with van der Waals surface area (Å²) in [4.78, 5) is 16.6. The van der Waals surface area contributed by atoms with Crippen LogP contribution in [0.2, 0.25) is 5.02 Å². The Kier molecular flexibility index (Phi) is 4.02. The van der Waals surface area contributed by atoms with Crippen LogP contribution in [0.4, 0.5) is 11.5 Å². The fraction of sp³-hybridized carbons (Fsp3) is 0.400. The molecule has 1 aliphatic rings. The fourth-order valence-electron chi connectivity index (χ4n) is 2.88. The molecule has 2 aromatic heterocycles. The molecule has 6 nitrogen and oxygen atoms in total. The second-order valence-corrected chi connectivity index (χ2v) is 6.02. The number of anilines is 1. The van der Waals surface area contributed by atoms with E-state index in [4.69, 9.17) is 16.0 Å². The van der Waals surface area contributed by atoms with E-state index in [0.29, 0.717) is 16.8 Å². The molecule has 22 heavy (non-hydrogen) atoms. The lowest BCUT2D eigenvalue weighted by atomic mass is 9.91. The highest BCUT2D eigenvalue weighted by Crippen LogP contribution is 2.39. The van der Waals surface area contributed by atoms with Crippen LogP contribution < -0.4 is 4.90 Å². The van der Waals surface area contributed by atoms with Crippen LogP contribution in [0.5, 0.6) is 0 Å².